The molecule has 0 amide bonds. The van der Waals surface area contributed by atoms with Gasteiger partial charge in [0.05, 0.1) is 12.2 Å². The first-order valence-electron chi connectivity index (χ1n) is 5.98. The Morgan fingerprint density at radius 2 is 2.21 bits per heavy atom. The Hall–Kier alpha value is -1.11. The van der Waals surface area contributed by atoms with Crippen molar-refractivity contribution < 1.29 is 4.42 Å². The van der Waals surface area contributed by atoms with Crippen molar-refractivity contribution in [2.75, 3.05) is 5.32 Å². The molecule has 0 aliphatic heterocycles. The predicted octanol–water partition coefficient (Wildman–Crippen LogP) is 3.48. The number of rotatable bonds is 5. The van der Waals surface area contributed by atoms with E-state index in [-0.39, 0.29) is 0 Å². The Morgan fingerprint density at radius 3 is 2.95 bits per heavy atom. The maximum absolute atomic E-state index is 5.88. The first-order valence-corrected chi connectivity index (χ1v) is 7.15. The van der Waals surface area contributed by atoms with Gasteiger partial charge in [-0.3, -0.25) is 0 Å². The van der Waals surface area contributed by atoms with Crippen LogP contribution < -0.4 is 10.6 Å². The molecule has 3 rings (SSSR count). The quantitative estimate of drug-likeness (QED) is 0.870. The number of benzene rings is 1. The average Bonchev–Trinajstić information content (AvgIpc) is 3.10. The Kier molecular flexibility index (Phi) is 3.72. The third-order valence-electron chi connectivity index (χ3n) is 2.76. The summed E-state index contributed by atoms with van der Waals surface area (Å²) < 4.78 is 6.34. The zero-order chi connectivity index (χ0) is 13.2. The van der Waals surface area contributed by atoms with Crippen molar-refractivity contribution in [1.82, 2.24) is 15.5 Å². The minimum Gasteiger partial charge on any atom is -0.406 e. The zero-order valence-corrected chi connectivity index (χ0v) is 12.3. The molecule has 0 unspecified atom stereocenters. The van der Waals surface area contributed by atoms with Crippen LogP contribution in [0.2, 0.25) is 5.02 Å². The number of hydrogen-bond acceptors (Lipinski definition) is 5. The highest BCUT2D eigenvalue weighted by Crippen LogP contribution is 2.28. The second-order valence-electron chi connectivity index (χ2n) is 4.41. The second kappa shape index (κ2) is 5.48. The van der Waals surface area contributed by atoms with Crippen LogP contribution in [0.5, 0.6) is 0 Å². The standard InChI is InChI=1S/C12H12BrClN4O/c13-9-5-7(14)1-4-10(9)16-12-18-17-11(19-12)6-15-8-2-3-8/h1,4-5,8,15H,2-3,6H2,(H,16,18). The highest BCUT2D eigenvalue weighted by molar-refractivity contribution is 9.10. The predicted molar refractivity (Wildman–Crippen MR) is 76.6 cm³/mol. The van der Waals surface area contributed by atoms with Crippen molar-refractivity contribution in [3.05, 3.63) is 33.6 Å². The maximum atomic E-state index is 5.88. The summed E-state index contributed by atoms with van der Waals surface area (Å²) >= 11 is 9.30. The lowest BCUT2D eigenvalue weighted by Crippen LogP contribution is -2.15. The molecule has 1 fully saturated rings. The fourth-order valence-electron chi connectivity index (χ4n) is 1.60. The number of halogens is 2. The number of anilines is 2. The van der Waals surface area contributed by atoms with E-state index in [9.17, 15) is 0 Å². The number of hydrogen-bond donors (Lipinski definition) is 2. The van der Waals surface area contributed by atoms with Crippen LogP contribution in [0, 0.1) is 0 Å². The largest absolute Gasteiger partial charge is 0.406 e. The van der Waals surface area contributed by atoms with Crippen molar-refractivity contribution in [3.8, 4) is 0 Å². The van der Waals surface area contributed by atoms with Crippen LogP contribution >= 0.6 is 27.5 Å². The number of nitrogens with zero attached hydrogens (tertiary/aromatic N) is 2. The van der Waals surface area contributed by atoms with Crippen molar-refractivity contribution in [2.24, 2.45) is 0 Å². The molecular weight excluding hydrogens is 332 g/mol. The van der Waals surface area contributed by atoms with E-state index in [1.807, 2.05) is 6.07 Å². The Balaban J connectivity index is 1.65. The molecule has 2 aromatic rings. The molecule has 1 heterocycles. The number of nitrogens with one attached hydrogen (secondary N) is 2. The summed E-state index contributed by atoms with van der Waals surface area (Å²) in [7, 11) is 0. The van der Waals surface area contributed by atoms with Gasteiger partial charge in [-0.15, -0.1) is 5.10 Å². The Morgan fingerprint density at radius 1 is 1.37 bits per heavy atom. The lowest BCUT2D eigenvalue weighted by Gasteiger charge is -2.04. The van der Waals surface area contributed by atoms with E-state index in [0.717, 1.165) is 10.2 Å². The van der Waals surface area contributed by atoms with E-state index in [1.165, 1.54) is 12.8 Å². The molecule has 2 N–H and O–H groups in total. The minimum atomic E-state index is 0.371. The van der Waals surface area contributed by atoms with Crippen LogP contribution in [0.15, 0.2) is 27.1 Å². The van der Waals surface area contributed by atoms with Crippen molar-refractivity contribution in [1.29, 1.82) is 0 Å². The summed E-state index contributed by atoms with van der Waals surface area (Å²) in [5.41, 5.74) is 0.828. The summed E-state index contributed by atoms with van der Waals surface area (Å²) in [5.74, 6) is 0.583. The van der Waals surface area contributed by atoms with E-state index in [4.69, 9.17) is 16.0 Å². The molecule has 1 aromatic carbocycles. The normalized spacial score (nSPS) is 14.6. The van der Waals surface area contributed by atoms with Crippen LogP contribution in [0.4, 0.5) is 11.7 Å². The Labute approximate surface area is 123 Å². The molecule has 0 radical (unpaired) electrons. The highest BCUT2D eigenvalue weighted by Gasteiger charge is 2.21. The lowest BCUT2D eigenvalue weighted by atomic mass is 10.3. The van der Waals surface area contributed by atoms with E-state index in [1.54, 1.807) is 12.1 Å². The molecule has 0 bridgehead atoms. The number of aromatic nitrogens is 2. The van der Waals surface area contributed by atoms with Gasteiger partial charge in [0.15, 0.2) is 0 Å². The molecule has 100 valence electrons. The van der Waals surface area contributed by atoms with Crippen LogP contribution in [0.3, 0.4) is 0 Å². The van der Waals surface area contributed by atoms with Gasteiger partial charge in [-0.25, -0.2) is 0 Å². The van der Waals surface area contributed by atoms with Crippen molar-refractivity contribution in [3.63, 3.8) is 0 Å². The van der Waals surface area contributed by atoms with Crippen molar-refractivity contribution >= 4 is 39.2 Å². The van der Waals surface area contributed by atoms with Gasteiger partial charge in [0.1, 0.15) is 0 Å². The van der Waals surface area contributed by atoms with Gasteiger partial charge in [0.25, 0.3) is 0 Å². The molecule has 0 spiro atoms. The third-order valence-corrected chi connectivity index (χ3v) is 3.65. The monoisotopic (exact) mass is 342 g/mol. The minimum absolute atomic E-state index is 0.371. The maximum Gasteiger partial charge on any atom is 0.320 e. The smallest absolute Gasteiger partial charge is 0.320 e. The lowest BCUT2D eigenvalue weighted by molar-refractivity contribution is 0.478. The molecule has 1 aliphatic carbocycles. The molecule has 1 aromatic heterocycles. The van der Waals surface area contributed by atoms with E-state index < -0.39 is 0 Å². The fraction of sp³-hybridized carbons (Fsp3) is 0.333. The van der Waals surface area contributed by atoms with E-state index in [0.29, 0.717) is 29.5 Å². The zero-order valence-electron chi connectivity index (χ0n) is 9.99. The topological polar surface area (TPSA) is 63.0 Å². The second-order valence-corrected chi connectivity index (χ2v) is 5.70. The van der Waals surface area contributed by atoms with Crippen LogP contribution in [-0.2, 0) is 6.54 Å². The fourth-order valence-corrected chi connectivity index (χ4v) is 2.38. The molecule has 7 heteroatoms. The third kappa shape index (κ3) is 3.46. The summed E-state index contributed by atoms with van der Waals surface area (Å²) in [6, 6.07) is 6.43. The molecule has 5 nitrogen and oxygen atoms in total. The summed E-state index contributed by atoms with van der Waals surface area (Å²) in [6.45, 7) is 0.612. The van der Waals surface area contributed by atoms with Gasteiger partial charge in [0.2, 0.25) is 5.89 Å². The first-order chi connectivity index (χ1) is 9.20. The molecule has 1 aliphatic rings. The molecule has 19 heavy (non-hydrogen) atoms. The van der Waals surface area contributed by atoms with Gasteiger partial charge in [-0.1, -0.05) is 16.7 Å². The van der Waals surface area contributed by atoms with E-state index in [2.05, 4.69) is 36.8 Å². The van der Waals surface area contributed by atoms with Gasteiger partial charge < -0.3 is 15.1 Å². The molecule has 1 saturated carbocycles. The average molecular weight is 344 g/mol. The first kappa shape index (κ1) is 12.9. The van der Waals surface area contributed by atoms with E-state index >= 15 is 0 Å². The van der Waals surface area contributed by atoms with Gasteiger partial charge >= 0.3 is 6.01 Å². The molecule has 0 atom stereocenters. The van der Waals surface area contributed by atoms with Crippen LogP contribution in [-0.4, -0.2) is 16.2 Å². The highest BCUT2D eigenvalue weighted by atomic mass is 79.9. The molecular formula is C12H12BrClN4O. The van der Waals surface area contributed by atoms with Gasteiger partial charge in [0, 0.05) is 15.5 Å². The van der Waals surface area contributed by atoms with Gasteiger partial charge in [-0.05, 0) is 47.0 Å². The van der Waals surface area contributed by atoms with Crippen LogP contribution in [0.25, 0.3) is 0 Å². The van der Waals surface area contributed by atoms with Crippen molar-refractivity contribution in [2.45, 2.75) is 25.4 Å². The van der Waals surface area contributed by atoms with Gasteiger partial charge in [-0.2, -0.15) is 0 Å². The Bertz CT molecular complexity index is 585. The SMILES string of the molecule is Clc1ccc(Nc2nnc(CNC3CC3)o2)c(Br)c1. The van der Waals surface area contributed by atoms with Crippen LogP contribution in [0.1, 0.15) is 18.7 Å². The molecule has 0 saturated heterocycles. The summed E-state index contributed by atoms with van der Waals surface area (Å²) in [5, 5.41) is 15.0. The summed E-state index contributed by atoms with van der Waals surface area (Å²) in [6.07, 6.45) is 2.47. The summed E-state index contributed by atoms with van der Waals surface area (Å²) in [4.78, 5) is 0.